The van der Waals surface area contributed by atoms with Crippen molar-refractivity contribution in [1.82, 2.24) is 4.90 Å². The van der Waals surface area contributed by atoms with Gasteiger partial charge in [-0.2, -0.15) is 0 Å². The molecule has 0 saturated carbocycles. The third-order valence-electron chi connectivity index (χ3n) is 3.73. The Balaban J connectivity index is 1.99. The Morgan fingerprint density at radius 1 is 1.43 bits per heavy atom. The monoisotopic (exact) mass is 324 g/mol. The van der Waals surface area contributed by atoms with Gasteiger partial charge in [0.2, 0.25) is 0 Å². The van der Waals surface area contributed by atoms with Crippen LogP contribution >= 0.6 is 0 Å². The third kappa shape index (κ3) is 4.84. The highest BCUT2D eigenvalue weighted by Crippen LogP contribution is 2.23. The Morgan fingerprint density at radius 3 is 2.91 bits per heavy atom. The fourth-order valence-corrected chi connectivity index (χ4v) is 2.72. The molecule has 2 amide bonds. The number of rotatable bonds is 5. The summed E-state index contributed by atoms with van der Waals surface area (Å²) in [5.41, 5.74) is 0.524. The average molecular weight is 324 g/mol. The number of carbonyl (C=O) groups is 2. The van der Waals surface area contributed by atoms with Gasteiger partial charge in [-0.15, -0.1) is 0 Å². The highest BCUT2D eigenvalue weighted by atomic mass is 19.1. The molecule has 2 unspecified atom stereocenters. The second-order valence-corrected chi connectivity index (χ2v) is 5.78. The van der Waals surface area contributed by atoms with E-state index in [1.807, 2.05) is 6.92 Å². The number of amides is 2. The molecule has 1 aliphatic heterocycles. The predicted molar refractivity (Wildman–Crippen MR) is 83.4 cm³/mol. The van der Waals surface area contributed by atoms with Crippen molar-refractivity contribution >= 4 is 17.7 Å². The summed E-state index contributed by atoms with van der Waals surface area (Å²) in [4.78, 5) is 25.0. The van der Waals surface area contributed by atoms with Crippen molar-refractivity contribution in [3.8, 4) is 5.75 Å². The molecule has 1 heterocycles. The van der Waals surface area contributed by atoms with E-state index in [2.05, 4.69) is 5.32 Å². The van der Waals surface area contributed by atoms with Crippen molar-refractivity contribution in [3.63, 3.8) is 0 Å². The first kappa shape index (κ1) is 17.1. The van der Waals surface area contributed by atoms with Crippen LogP contribution in [-0.4, -0.2) is 48.4 Å². The lowest BCUT2D eigenvalue weighted by atomic mass is 9.91. The van der Waals surface area contributed by atoms with Gasteiger partial charge in [-0.1, -0.05) is 13.0 Å². The van der Waals surface area contributed by atoms with Crippen molar-refractivity contribution in [3.05, 3.63) is 24.3 Å². The minimum absolute atomic E-state index is 0.0403. The normalized spacial score (nSPS) is 20.9. The number of nitrogens with one attached hydrogen (secondary N) is 1. The van der Waals surface area contributed by atoms with E-state index in [9.17, 15) is 14.0 Å². The van der Waals surface area contributed by atoms with Gasteiger partial charge in [0.1, 0.15) is 19.0 Å². The molecule has 0 aliphatic carbocycles. The molecule has 1 aliphatic rings. The van der Waals surface area contributed by atoms with Crippen LogP contribution in [0.15, 0.2) is 24.3 Å². The smallest absolute Gasteiger partial charge is 0.321 e. The molecular weight excluding hydrogens is 303 g/mol. The largest absolute Gasteiger partial charge is 0.491 e. The Kier molecular flexibility index (Phi) is 5.78. The number of carbonyl (C=O) groups excluding carboxylic acids is 1. The van der Waals surface area contributed by atoms with Crippen molar-refractivity contribution in [2.24, 2.45) is 11.8 Å². The zero-order valence-electron chi connectivity index (χ0n) is 13.0. The second-order valence-electron chi connectivity index (χ2n) is 5.78. The van der Waals surface area contributed by atoms with Gasteiger partial charge in [0.25, 0.3) is 0 Å². The van der Waals surface area contributed by atoms with Crippen LogP contribution in [-0.2, 0) is 4.79 Å². The summed E-state index contributed by atoms with van der Waals surface area (Å²) in [5, 5.41) is 11.9. The Labute approximate surface area is 134 Å². The molecule has 2 rings (SSSR count). The van der Waals surface area contributed by atoms with E-state index < -0.39 is 18.6 Å². The van der Waals surface area contributed by atoms with Crippen LogP contribution in [0.25, 0.3) is 0 Å². The number of halogens is 1. The summed E-state index contributed by atoms with van der Waals surface area (Å²) in [7, 11) is 0. The molecule has 126 valence electrons. The molecule has 1 aromatic carbocycles. The highest BCUT2D eigenvalue weighted by molar-refractivity contribution is 5.90. The van der Waals surface area contributed by atoms with Gasteiger partial charge in [-0.25, -0.2) is 9.18 Å². The summed E-state index contributed by atoms with van der Waals surface area (Å²) in [6.07, 6.45) is 0.575. The van der Waals surface area contributed by atoms with E-state index in [4.69, 9.17) is 9.84 Å². The molecule has 1 fully saturated rings. The maximum atomic E-state index is 12.3. The minimum atomic E-state index is -0.879. The SMILES string of the molecule is CC1CC(C(=O)O)CN(C(=O)Nc2cccc(OCCF)c2)C1. The number of carboxylic acids is 1. The number of alkyl halides is 1. The molecule has 6 nitrogen and oxygen atoms in total. The number of hydrogen-bond donors (Lipinski definition) is 2. The molecule has 0 aromatic heterocycles. The quantitative estimate of drug-likeness (QED) is 0.872. The molecule has 0 bridgehead atoms. The van der Waals surface area contributed by atoms with Crippen LogP contribution in [0.4, 0.5) is 14.9 Å². The fraction of sp³-hybridized carbons (Fsp3) is 0.500. The van der Waals surface area contributed by atoms with Gasteiger partial charge in [-0.05, 0) is 24.5 Å². The summed E-state index contributed by atoms with van der Waals surface area (Å²) < 4.78 is 17.3. The van der Waals surface area contributed by atoms with Crippen LogP contribution in [0.3, 0.4) is 0 Å². The summed E-state index contributed by atoms with van der Waals surface area (Å²) in [5.74, 6) is -0.814. The number of aliphatic carboxylic acids is 1. The van der Waals surface area contributed by atoms with Crippen LogP contribution in [0.1, 0.15) is 13.3 Å². The van der Waals surface area contributed by atoms with E-state index in [-0.39, 0.29) is 25.1 Å². The standard InChI is InChI=1S/C16H21FN2O4/c1-11-7-12(15(20)21)10-19(9-11)16(22)18-13-3-2-4-14(8-13)23-6-5-17/h2-4,8,11-12H,5-7,9-10H2,1H3,(H,18,22)(H,20,21). The lowest BCUT2D eigenvalue weighted by molar-refractivity contribution is -0.143. The number of anilines is 1. The molecule has 23 heavy (non-hydrogen) atoms. The zero-order chi connectivity index (χ0) is 16.8. The first-order chi connectivity index (χ1) is 11.0. The van der Waals surface area contributed by atoms with Crippen molar-refractivity contribution in [2.75, 3.05) is 31.7 Å². The molecule has 0 radical (unpaired) electrons. The molecule has 2 N–H and O–H groups in total. The lowest BCUT2D eigenvalue weighted by Gasteiger charge is -2.34. The van der Waals surface area contributed by atoms with Gasteiger partial charge in [0, 0.05) is 24.8 Å². The van der Waals surface area contributed by atoms with E-state index in [0.717, 1.165) is 0 Å². The van der Waals surface area contributed by atoms with Gasteiger partial charge < -0.3 is 20.1 Å². The van der Waals surface area contributed by atoms with Gasteiger partial charge in [-0.3, -0.25) is 4.79 Å². The van der Waals surface area contributed by atoms with E-state index in [1.165, 1.54) is 4.90 Å². The average Bonchev–Trinajstić information content (AvgIpc) is 2.52. The third-order valence-corrected chi connectivity index (χ3v) is 3.73. The van der Waals surface area contributed by atoms with E-state index in [1.54, 1.807) is 24.3 Å². The predicted octanol–water partition coefficient (Wildman–Crippen LogP) is 2.61. The van der Waals surface area contributed by atoms with Crippen molar-refractivity contribution < 1.29 is 23.8 Å². The minimum Gasteiger partial charge on any atom is -0.491 e. The number of benzene rings is 1. The van der Waals surface area contributed by atoms with Crippen LogP contribution in [0.5, 0.6) is 5.75 Å². The zero-order valence-corrected chi connectivity index (χ0v) is 13.0. The van der Waals surface area contributed by atoms with Crippen molar-refractivity contribution in [2.45, 2.75) is 13.3 Å². The number of carboxylic acid groups (broad SMARTS) is 1. The first-order valence-electron chi connectivity index (χ1n) is 7.57. The molecule has 2 atom stereocenters. The molecular formula is C16H21FN2O4. The summed E-state index contributed by atoms with van der Waals surface area (Å²) >= 11 is 0. The summed E-state index contributed by atoms with van der Waals surface area (Å²) in [6, 6.07) is 6.33. The lowest BCUT2D eigenvalue weighted by Crippen LogP contribution is -2.47. The number of urea groups is 1. The molecule has 1 saturated heterocycles. The maximum absolute atomic E-state index is 12.3. The van der Waals surface area contributed by atoms with Crippen molar-refractivity contribution in [1.29, 1.82) is 0 Å². The second kappa shape index (κ2) is 7.80. The maximum Gasteiger partial charge on any atom is 0.321 e. The fourth-order valence-electron chi connectivity index (χ4n) is 2.72. The van der Waals surface area contributed by atoms with Gasteiger partial charge >= 0.3 is 12.0 Å². The van der Waals surface area contributed by atoms with Gasteiger partial charge in [0.05, 0.1) is 5.92 Å². The number of piperidine rings is 1. The topological polar surface area (TPSA) is 78.9 Å². The number of ether oxygens (including phenoxy) is 1. The highest BCUT2D eigenvalue weighted by Gasteiger charge is 2.31. The van der Waals surface area contributed by atoms with Crippen LogP contribution < -0.4 is 10.1 Å². The van der Waals surface area contributed by atoms with E-state index in [0.29, 0.717) is 24.4 Å². The van der Waals surface area contributed by atoms with Gasteiger partial charge in [0.15, 0.2) is 0 Å². The number of likely N-dealkylation sites (tertiary alicyclic amines) is 1. The Hall–Kier alpha value is -2.31. The number of nitrogens with zero attached hydrogens (tertiary/aromatic N) is 1. The Morgan fingerprint density at radius 2 is 2.22 bits per heavy atom. The molecule has 1 aromatic rings. The van der Waals surface area contributed by atoms with E-state index >= 15 is 0 Å². The van der Waals surface area contributed by atoms with Crippen LogP contribution in [0, 0.1) is 11.8 Å². The molecule has 0 spiro atoms. The first-order valence-corrected chi connectivity index (χ1v) is 7.57. The van der Waals surface area contributed by atoms with Crippen LogP contribution in [0.2, 0.25) is 0 Å². The molecule has 7 heteroatoms. The number of hydrogen-bond acceptors (Lipinski definition) is 3. The Bertz CT molecular complexity index is 567. The summed E-state index contributed by atoms with van der Waals surface area (Å²) in [6.45, 7) is 2.03.